The molecule has 0 atom stereocenters. The molecule has 2 amide bonds. The number of benzene rings is 2. The van der Waals surface area contributed by atoms with Gasteiger partial charge in [0, 0.05) is 11.7 Å². The Morgan fingerprint density at radius 1 is 0.958 bits per heavy atom. The van der Waals surface area contributed by atoms with E-state index in [4.69, 9.17) is 0 Å². The molecule has 2 aromatic carbocycles. The summed E-state index contributed by atoms with van der Waals surface area (Å²) in [4.78, 5) is 12.2. The van der Waals surface area contributed by atoms with Gasteiger partial charge >= 0.3 is 6.03 Å². The van der Waals surface area contributed by atoms with E-state index in [1.54, 1.807) is 0 Å². The molecule has 1 fully saturated rings. The van der Waals surface area contributed by atoms with Crippen LogP contribution in [0.15, 0.2) is 42.5 Å². The third-order valence-corrected chi connectivity index (χ3v) is 5.08. The predicted molar refractivity (Wildman–Crippen MR) is 95.1 cm³/mol. The number of urea groups is 1. The van der Waals surface area contributed by atoms with Gasteiger partial charge in [-0.1, -0.05) is 30.3 Å². The third-order valence-electron chi connectivity index (χ3n) is 5.08. The molecule has 1 saturated carbocycles. The van der Waals surface area contributed by atoms with Crippen LogP contribution >= 0.6 is 0 Å². The molecule has 0 radical (unpaired) electrons. The van der Waals surface area contributed by atoms with E-state index in [1.165, 1.54) is 22.3 Å². The van der Waals surface area contributed by atoms with Crippen LogP contribution in [0.5, 0.6) is 0 Å². The fourth-order valence-corrected chi connectivity index (χ4v) is 3.80. The summed E-state index contributed by atoms with van der Waals surface area (Å²) in [6.45, 7) is 0. The second kappa shape index (κ2) is 6.29. The largest absolute Gasteiger partial charge is 0.393 e. The van der Waals surface area contributed by atoms with Gasteiger partial charge in [0.25, 0.3) is 0 Å². The SMILES string of the molecule is O=C(Nc1ccc2c(c1)Cc1ccccc1-2)NC1CCC(O)CC1. The lowest BCUT2D eigenvalue weighted by molar-refractivity contribution is 0.118. The van der Waals surface area contributed by atoms with Crippen molar-refractivity contribution < 1.29 is 9.90 Å². The van der Waals surface area contributed by atoms with Crippen molar-refractivity contribution in [2.75, 3.05) is 5.32 Å². The van der Waals surface area contributed by atoms with Crippen molar-refractivity contribution in [2.45, 2.75) is 44.2 Å². The maximum atomic E-state index is 12.2. The zero-order valence-electron chi connectivity index (χ0n) is 13.6. The summed E-state index contributed by atoms with van der Waals surface area (Å²) >= 11 is 0. The Morgan fingerprint density at radius 2 is 1.71 bits per heavy atom. The number of hydrogen-bond donors (Lipinski definition) is 3. The molecule has 124 valence electrons. The van der Waals surface area contributed by atoms with E-state index in [9.17, 15) is 9.90 Å². The average Bonchev–Trinajstić information content (AvgIpc) is 2.94. The van der Waals surface area contributed by atoms with Crippen LogP contribution < -0.4 is 10.6 Å². The Bertz CT molecular complexity index is 764. The molecular weight excluding hydrogens is 300 g/mol. The van der Waals surface area contributed by atoms with Crippen molar-refractivity contribution in [1.29, 1.82) is 0 Å². The smallest absolute Gasteiger partial charge is 0.319 e. The van der Waals surface area contributed by atoms with Crippen molar-refractivity contribution in [3.05, 3.63) is 53.6 Å². The molecule has 0 saturated heterocycles. The van der Waals surface area contributed by atoms with Gasteiger partial charge in [-0.05, 0) is 66.5 Å². The molecule has 4 nitrogen and oxygen atoms in total. The molecule has 0 aliphatic heterocycles. The van der Waals surface area contributed by atoms with Crippen LogP contribution in [0.3, 0.4) is 0 Å². The number of hydrogen-bond acceptors (Lipinski definition) is 2. The number of carbonyl (C=O) groups is 1. The fraction of sp³-hybridized carbons (Fsp3) is 0.350. The lowest BCUT2D eigenvalue weighted by Gasteiger charge is -2.26. The van der Waals surface area contributed by atoms with Gasteiger partial charge in [0.15, 0.2) is 0 Å². The molecule has 4 heteroatoms. The monoisotopic (exact) mass is 322 g/mol. The lowest BCUT2D eigenvalue weighted by Crippen LogP contribution is -2.40. The Hall–Kier alpha value is -2.33. The first kappa shape index (κ1) is 15.2. The molecule has 0 unspecified atom stereocenters. The summed E-state index contributed by atoms with van der Waals surface area (Å²) < 4.78 is 0. The highest BCUT2D eigenvalue weighted by molar-refractivity contribution is 5.90. The molecule has 24 heavy (non-hydrogen) atoms. The standard InChI is InChI=1S/C20H22N2O2/c23-17-8-5-15(6-9-17)21-20(24)22-16-7-10-19-14(12-16)11-13-3-1-2-4-18(13)19/h1-4,7,10,12,15,17,23H,5-6,8-9,11H2,(H2,21,22,24). The van der Waals surface area contributed by atoms with E-state index in [0.717, 1.165) is 37.8 Å². The van der Waals surface area contributed by atoms with Crippen LogP contribution in [0.1, 0.15) is 36.8 Å². The molecule has 3 N–H and O–H groups in total. The zero-order valence-corrected chi connectivity index (χ0v) is 13.6. The number of aliphatic hydroxyl groups excluding tert-OH is 1. The Kier molecular flexibility index (Phi) is 3.98. The molecule has 0 bridgehead atoms. The van der Waals surface area contributed by atoms with Gasteiger partial charge in [-0.3, -0.25) is 0 Å². The molecule has 2 aromatic rings. The number of anilines is 1. The molecule has 0 heterocycles. The quantitative estimate of drug-likeness (QED) is 0.674. The van der Waals surface area contributed by atoms with Gasteiger partial charge < -0.3 is 15.7 Å². The molecule has 2 aliphatic carbocycles. The summed E-state index contributed by atoms with van der Waals surface area (Å²) in [6.07, 6.45) is 3.93. The Balaban J connectivity index is 1.41. The topological polar surface area (TPSA) is 61.4 Å². The number of amides is 2. The normalized spacial score (nSPS) is 21.7. The first-order valence-corrected chi connectivity index (χ1v) is 8.66. The lowest BCUT2D eigenvalue weighted by atomic mass is 9.93. The van der Waals surface area contributed by atoms with Crippen molar-refractivity contribution in [2.24, 2.45) is 0 Å². The van der Waals surface area contributed by atoms with E-state index >= 15 is 0 Å². The van der Waals surface area contributed by atoms with Crippen LogP contribution in [-0.2, 0) is 6.42 Å². The molecular formula is C20H22N2O2. The van der Waals surface area contributed by atoms with E-state index < -0.39 is 0 Å². The van der Waals surface area contributed by atoms with E-state index in [-0.39, 0.29) is 18.2 Å². The number of nitrogens with one attached hydrogen (secondary N) is 2. The molecule has 4 rings (SSSR count). The maximum absolute atomic E-state index is 12.2. The summed E-state index contributed by atoms with van der Waals surface area (Å²) in [5, 5.41) is 15.5. The minimum Gasteiger partial charge on any atom is -0.393 e. The van der Waals surface area contributed by atoms with Gasteiger partial charge in [0.2, 0.25) is 0 Å². The first-order chi connectivity index (χ1) is 11.7. The summed E-state index contributed by atoms with van der Waals surface area (Å²) in [5.74, 6) is 0. The molecule has 2 aliphatic rings. The molecule has 0 aromatic heterocycles. The van der Waals surface area contributed by atoms with Crippen LogP contribution in [0.25, 0.3) is 11.1 Å². The van der Waals surface area contributed by atoms with Crippen LogP contribution in [0.4, 0.5) is 10.5 Å². The van der Waals surface area contributed by atoms with Crippen molar-refractivity contribution >= 4 is 11.7 Å². The second-order valence-corrected chi connectivity index (χ2v) is 6.81. The minimum atomic E-state index is -0.204. The summed E-state index contributed by atoms with van der Waals surface area (Å²) in [5.41, 5.74) is 5.99. The van der Waals surface area contributed by atoms with Crippen LogP contribution in [-0.4, -0.2) is 23.3 Å². The van der Waals surface area contributed by atoms with E-state index in [1.807, 2.05) is 6.07 Å². The van der Waals surface area contributed by atoms with Crippen molar-refractivity contribution in [3.8, 4) is 11.1 Å². The molecule has 0 spiro atoms. The van der Waals surface area contributed by atoms with Gasteiger partial charge in [0.1, 0.15) is 0 Å². The maximum Gasteiger partial charge on any atom is 0.319 e. The minimum absolute atomic E-state index is 0.159. The third kappa shape index (κ3) is 3.02. The average molecular weight is 322 g/mol. The Morgan fingerprint density at radius 3 is 2.54 bits per heavy atom. The first-order valence-electron chi connectivity index (χ1n) is 8.66. The number of fused-ring (bicyclic) bond motifs is 3. The van der Waals surface area contributed by atoms with E-state index in [0.29, 0.717) is 0 Å². The summed E-state index contributed by atoms with van der Waals surface area (Å²) in [7, 11) is 0. The van der Waals surface area contributed by atoms with Crippen LogP contribution in [0, 0.1) is 0 Å². The van der Waals surface area contributed by atoms with Gasteiger partial charge in [0.05, 0.1) is 6.10 Å². The number of rotatable bonds is 2. The summed E-state index contributed by atoms with van der Waals surface area (Å²) in [6, 6.07) is 14.6. The van der Waals surface area contributed by atoms with Crippen molar-refractivity contribution in [3.63, 3.8) is 0 Å². The van der Waals surface area contributed by atoms with Gasteiger partial charge in [-0.15, -0.1) is 0 Å². The van der Waals surface area contributed by atoms with Crippen LogP contribution in [0.2, 0.25) is 0 Å². The van der Waals surface area contributed by atoms with Gasteiger partial charge in [-0.2, -0.15) is 0 Å². The fourth-order valence-electron chi connectivity index (χ4n) is 3.80. The Labute approximate surface area is 141 Å². The van der Waals surface area contributed by atoms with Gasteiger partial charge in [-0.25, -0.2) is 4.79 Å². The highest BCUT2D eigenvalue weighted by Gasteiger charge is 2.21. The predicted octanol–water partition coefficient (Wildman–Crippen LogP) is 3.68. The highest BCUT2D eigenvalue weighted by atomic mass is 16.3. The van der Waals surface area contributed by atoms with E-state index in [2.05, 4.69) is 47.0 Å². The van der Waals surface area contributed by atoms with Crippen molar-refractivity contribution in [1.82, 2.24) is 5.32 Å². The zero-order chi connectivity index (χ0) is 16.5. The number of aliphatic hydroxyl groups is 1. The second-order valence-electron chi connectivity index (χ2n) is 6.81. The highest BCUT2D eigenvalue weighted by Crippen LogP contribution is 2.37. The number of carbonyl (C=O) groups excluding carboxylic acids is 1.